The van der Waals surface area contributed by atoms with E-state index in [1.165, 1.54) is 0 Å². The fraction of sp³-hybridized carbons (Fsp3) is 0.235. The zero-order chi connectivity index (χ0) is 15.6. The first-order valence-corrected chi connectivity index (χ1v) is 7.08. The molecule has 0 radical (unpaired) electrons. The van der Waals surface area contributed by atoms with Crippen LogP contribution in [0.15, 0.2) is 48.7 Å². The zero-order valence-electron chi connectivity index (χ0n) is 12.2. The number of benzene rings is 1. The summed E-state index contributed by atoms with van der Waals surface area (Å²) in [4.78, 5) is 28.6. The number of carbonyl (C=O) groups is 2. The number of ether oxygens (including phenoxy) is 1. The number of fused-ring (bicyclic) bond motifs is 1. The van der Waals surface area contributed by atoms with E-state index in [1.807, 2.05) is 30.3 Å². The Labute approximate surface area is 128 Å². The van der Waals surface area contributed by atoms with Crippen molar-refractivity contribution in [3.63, 3.8) is 0 Å². The summed E-state index contributed by atoms with van der Waals surface area (Å²) >= 11 is 0. The van der Waals surface area contributed by atoms with Crippen LogP contribution in [0.4, 0.5) is 0 Å². The van der Waals surface area contributed by atoms with Gasteiger partial charge in [-0.15, -0.1) is 0 Å². The lowest BCUT2D eigenvalue weighted by Gasteiger charge is -2.33. The van der Waals surface area contributed by atoms with Crippen LogP contribution in [-0.2, 0) is 22.5 Å². The van der Waals surface area contributed by atoms with Crippen molar-refractivity contribution in [1.82, 2.24) is 10.3 Å². The number of nitrogens with zero attached hydrogens (tertiary/aromatic N) is 1. The standard InChI is InChI=1S/C17H16N2O3/c1-17(16(21)19-11-13-7-4-5-9-18-13)10-12-6-2-3-8-14(12)15(20)22-17/h2-9H,10-11H2,1H3,(H,19,21). The summed E-state index contributed by atoms with van der Waals surface area (Å²) < 4.78 is 5.38. The molecule has 0 spiro atoms. The third-order valence-corrected chi connectivity index (χ3v) is 3.72. The van der Waals surface area contributed by atoms with Gasteiger partial charge < -0.3 is 10.1 Å². The van der Waals surface area contributed by atoms with Crippen molar-refractivity contribution in [3.05, 3.63) is 65.5 Å². The number of rotatable bonds is 3. The van der Waals surface area contributed by atoms with Crippen molar-refractivity contribution < 1.29 is 14.3 Å². The fourth-order valence-corrected chi connectivity index (χ4v) is 2.52. The molecule has 0 fully saturated rings. The van der Waals surface area contributed by atoms with E-state index in [0.29, 0.717) is 18.5 Å². The lowest BCUT2D eigenvalue weighted by Crippen LogP contribution is -2.51. The maximum atomic E-state index is 12.4. The molecule has 1 amide bonds. The second-order valence-electron chi connectivity index (χ2n) is 5.46. The minimum absolute atomic E-state index is 0.300. The fourth-order valence-electron chi connectivity index (χ4n) is 2.52. The Bertz CT molecular complexity index is 715. The summed E-state index contributed by atoms with van der Waals surface area (Å²) in [5, 5.41) is 2.78. The molecule has 1 aliphatic rings. The van der Waals surface area contributed by atoms with Crippen molar-refractivity contribution >= 4 is 11.9 Å². The second-order valence-corrected chi connectivity index (χ2v) is 5.46. The highest BCUT2D eigenvalue weighted by Gasteiger charge is 2.42. The molecule has 112 valence electrons. The predicted molar refractivity (Wildman–Crippen MR) is 80.1 cm³/mol. The largest absolute Gasteiger partial charge is 0.445 e. The number of hydrogen-bond donors (Lipinski definition) is 1. The third-order valence-electron chi connectivity index (χ3n) is 3.72. The number of nitrogens with one attached hydrogen (secondary N) is 1. The summed E-state index contributed by atoms with van der Waals surface area (Å²) in [6.45, 7) is 1.93. The van der Waals surface area contributed by atoms with E-state index in [2.05, 4.69) is 10.3 Å². The first-order valence-electron chi connectivity index (χ1n) is 7.08. The Morgan fingerprint density at radius 2 is 2.05 bits per heavy atom. The van der Waals surface area contributed by atoms with Gasteiger partial charge in [-0.3, -0.25) is 9.78 Å². The van der Waals surface area contributed by atoms with Crippen LogP contribution in [0.3, 0.4) is 0 Å². The first kappa shape index (κ1) is 14.3. The monoisotopic (exact) mass is 296 g/mol. The summed E-state index contributed by atoms with van der Waals surface area (Å²) in [6.07, 6.45) is 2.03. The molecular formula is C17H16N2O3. The van der Waals surface area contributed by atoms with Crippen LogP contribution in [0.1, 0.15) is 28.5 Å². The van der Waals surface area contributed by atoms with Crippen LogP contribution in [0, 0.1) is 0 Å². The molecule has 1 aromatic carbocycles. The van der Waals surface area contributed by atoms with Crippen molar-refractivity contribution in [2.24, 2.45) is 0 Å². The van der Waals surface area contributed by atoms with Gasteiger partial charge in [0.2, 0.25) is 0 Å². The van der Waals surface area contributed by atoms with Crippen molar-refractivity contribution in [1.29, 1.82) is 0 Å². The highest BCUT2D eigenvalue weighted by Crippen LogP contribution is 2.28. The smallest absolute Gasteiger partial charge is 0.339 e. The number of carbonyl (C=O) groups excluding carboxylic acids is 2. The quantitative estimate of drug-likeness (QED) is 0.878. The van der Waals surface area contributed by atoms with Gasteiger partial charge in [-0.2, -0.15) is 0 Å². The molecule has 0 saturated heterocycles. The molecule has 2 heterocycles. The topological polar surface area (TPSA) is 68.3 Å². The number of amides is 1. The molecule has 0 aliphatic carbocycles. The molecule has 5 heteroatoms. The number of esters is 1. The first-order chi connectivity index (χ1) is 10.6. The van der Waals surface area contributed by atoms with E-state index in [4.69, 9.17) is 4.74 Å². The molecule has 1 N–H and O–H groups in total. The van der Waals surface area contributed by atoms with E-state index in [0.717, 1.165) is 11.3 Å². The van der Waals surface area contributed by atoms with Crippen molar-refractivity contribution in [3.8, 4) is 0 Å². The van der Waals surface area contributed by atoms with Crippen LogP contribution >= 0.6 is 0 Å². The normalized spacial score (nSPS) is 20.0. The van der Waals surface area contributed by atoms with Crippen LogP contribution in [-0.4, -0.2) is 22.5 Å². The molecule has 2 aromatic rings. The Morgan fingerprint density at radius 3 is 2.82 bits per heavy atom. The maximum absolute atomic E-state index is 12.4. The highest BCUT2D eigenvalue weighted by atomic mass is 16.6. The molecule has 1 unspecified atom stereocenters. The lowest BCUT2D eigenvalue weighted by atomic mass is 9.89. The van der Waals surface area contributed by atoms with Gasteiger partial charge in [0.25, 0.3) is 5.91 Å². The minimum atomic E-state index is -1.19. The lowest BCUT2D eigenvalue weighted by molar-refractivity contribution is -0.140. The summed E-state index contributed by atoms with van der Waals surface area (Å²) in [5.41, 5.74) is 0.911. The summed E-state index contributed by atoms with van der Waals surface area (Å²) in [7, 11) is 0. The van der Waals surface area contributed by atoms with Gasteiger partial charge in [-0.1, -0.05) is 24.3 Å². The summed E-state index contributed by atoms with van der Waals surface area (Å²) in [5.74, 6) is -0.779. The van der Waals surface area contributed by atoms with Gasteiger partial charge in [0.15, 0.2) is 5.60 Å². The molecule has 1 aliphatic heterocycles. The van der Waals surface area contributed by atoms with Crippen molar-refractivity contribution in [2.75, 3.05) is 0 Å². The number of aromatic nitrogens is 1. The second kappa shape index (κ2) is 5.60. The third kappa shape index (κ3) is 2.70. The van der Waals surface area contributed by atoms with Gasteiger partial charge >= 0.3 is 5.97 Å². The van der Waals surface area contributed by atoms with E-state index in [-0.39, 0.29) is 5.91 Å². The van der Waals surface area contributed by atoms with E-state index in [1.54, 1.807) is 25.3 Å². The molecule has 1 atom stereocenters. The highest BCUT2D eigenvalue weighted by molar-refractivity contribution is 5.97. The Hall–Kier alpha value is -2.69. The van der Waals surface area contributed by atoms with E-state index < -0.39 is 11.6 Å². The molecule has 0 saturated carbocycles. The van der Waals surface area contributed by atoms with Crippen LogP contribution < -0.4 is 5.32 Å². The Balaban J connectivity index is 1.74. The zero-order valence-corrected chi connectivity index (χ0v) is 12.2. The van der Waals surface area contributed by atoms with Crippen LogP contribution in [0.2, 0.25) is 0 Å². The van der Waals surface area contributed by atoms with Gasteiger partial charge in [0.05, 0.1) is 17.8 Å². The molecule has 5 nitrogen and oxygen atoms in total. The number of cyclic esters (lactones) is 1. The number of hydrogen-bond acceptors (Lipinski definition) is 4. The predicted octanol–water partition coefficient (Wildman–Crippen LogP) is 1.87. The molecular weight excluding hydrogens is 280 g/mol. The average Bonchev–Trinajstić information content (AvgIpc) is 2.53. The Morgan fingerprint density at radius 1 is 1.27 bits per heavy atom. The van der Waals surface area contributed by atoms with Gasteiger partial charge in [-0.25, -0.2) is 4.79 Å². The van der Waals surface area contributed by atoms with Crippen LogP contribution in [0.5, 0.6) is 0 Å². The van der Waals surface area contributed by atoms with E-state index >= 15 is 0 Å². The minimum Gasteiger partial charge on any atom is -0.445 e. The van der Waals surface area contributed by atoms with Crippen LogP contribution in [0.25, 0.3) is 0 Å². The average molecular weight is 296 g/mol. The van der Waals surface area contributed by atoms with Gasteiger partial charge in [0.1, 0.15) is 0 Å². The van der Waals surface area contributed by atoms with Crippen molar-refractivity contribution in [2.45, 2.75) is 25.5 Å². The van der Waals surface area contributed by atoms with Gasteiger partial charge in [-0.05, 0) is 30.7 Å². The molecule has 22 heavy (non-hydrogen) atoms. The molecule has 0 bridgehead atoms. The maximum Gasteiger partial charge on any atom is 0.339 e. The Kier molecular flexibility index (Phi) is 3.63. The number of pyridine rings is 1. The molecule has 3 rings (SSSR count). The SMILES string of the molecule is CC1(C(=O)NCc2ccccn2)Cc2ccccc2C(=O)O1. The molecule has 1 aromatic heterocycles. The summed E-state index contributed by atoms with van der Waals surface area (Å²) in [6, 6.07) is 12.7. The van der Waals surface area contributed by atoms with E-state index in [9.17, 15) is 9.59 Å². The van der Waals surface area contributed by atoms with Gasteiger partial charge in [0, 0.05) is 12.6 Å².